The number of rotatable bonds is 2. The van der Waals surface area contributed by atoms with Crippen LogP contribution >= 0.6 is 24.8 Å². The van der Waals surface area contributed by atoms with Crippen LogP contribution in [0.2, 0.25) is 0 Å². The second kappa shape index (κ2) is 4.63. The fourth-order valence-electron chi connectivity index (χ4n) is 1.07. The number of thiol groups is 1. The summed E-state index contributed by atoms with van der Waals surface area (Å²) >= 11 is 8.81. The minimum atomic E-state index is 0.497. The van der Waals surface area contributed by atoms with Crippen LogP contribution in [0, 0.1) is 0 Å². The van der Waals surface area contributed by atoms with E-state index in [9.17, 15) is 0 Å². The summed E-state index contributed by atoms with van der Waals surface area (Å²) in [5, 5.41) is 2.97. The first kappa shape index (κ1) is 10.5. The van der Waals surface area contributed by atoms with Crippen LogP contribution < -0.4 is 5.32 Å². The van der Waals surface area contributed by atoms with Gasteiger partial charge in [0, 0.05) is 5.69 Å². The van der Waals surface area contributed by atoms with E-state index in [4.69, 9.17) is 12.2 Å². The van der Waals surface area contributed by atoms with Gasteiger partial charge in [0.15, 0.2) is 0 Å². The molecule has 1 rings (SSSR count). The van der Waals surface area contributed by atoms with E-state index in [1.54, 1.807) is 0 Å². The molecule has 1 N–H and O–H groups in total. The third-order valence-corrected chi connectivity index (χ3v) is 2.04. The summed E-state index contributed by atoms with van der Waals surface area (Å²) in [5.41, 5.74) is 2.32. The Kier molecular flexibility index (Phi) is 3.75. The molecule has 70 valence electrons. The van der Waals surface area contributed by atoms with Gasteiger partial charge in [-0.1, -0.05) is 38.2 Å². The highest BCUT2D eigenvalue weighted by atomic mass is 32.1. The molecule has 0 spiro atoms. The summed E-state index contributed by atoms with van der Waals surface area (Å²) in [7, 11) is 0. The topological polar surface area (TPSA) is 12.0 Å². The zero-order valence-corrected chi connectivity index (χ0v) is 9.45. The summed E-state index contributed by atoms with van der Waals surface area (Å²) < 4.78 is 0.497. The van der Waals surface area contributed by atoms with Crippen LogP contribution in [0.5, 0.6) is 0 Å². The average Bonchev–Trinajstić information content (AvgIpc) is 2.04. The quantitative estimate of drug-likeness (QED) is 0.574. The minimum absolute atomic E-state index is 0.497. The maximum Gasteiger partial charge on any atom is 0.135 e. The van der Waals surface area contributed by atoms with Gasteiger partial charge < -0.3 is 5.32 Å². The van der Waals surface area contributed by atoms with E-state index in [2.05, 4.69) is 43.9 Å². The molecule has 0 fully saturated rings. The van der Waals surface area contributed by atoms with Gasteiger partial charge in [-0.05, 0) is 23.6 Å². The minimum Gasteiger partial charge on any atom is -0.341 e. The van der Waals surface area contributed by atoms with Crippen molar-refractivity contribution >= 4 is 34.9 Å². The normalized spacial score (nSPS) is 10.2. The van der Waals surface area contributed by atoms with E-state index in [1.807, 2.05) is 12.1 Å². The molecule has 0 aliphatic heterocycles. The highest BCUT2D eigenvalue weighted by Gasteiger charge is 1.98. The maximum absolute atomic E-state index is 4.82. The second-order valence-corrected chi connectivity index (χ2v) is 4.36. The lowest BCUT2D eigenvalue weighted by Gasteiger charge is -2.07. The Morgan fingerprint density at radius 1 is 1.31 bits per heavy atom. The van der Waals surface area contributed by atoms with E-state index >= 15 is 0 Å². The number of nitrogens with one attached hydrogen (secondary N) is 1. The first-order chi connectivity index (χ1) is 6.09. The zero-order chi connectivity index (χ0) is 9.84. The average molecular weight is 211 g/mol. The molecule has 0 amide bonds. The van der Waals surface area contributed by atoms with Crippen LogP contribution in [-0.4, -0.2) is 4.32 Å². The first-order valence-electron chi connectivity index (χ1n) is 4.19. The molecule has 0 heterocycles. The molecule has 0 unspecified atom stereocenters. The van der Waals surface area contributed by atoms with Crippen molar-refractivity contribution in [2.45, 2.75) is 19.8 Å². The maximum atomic E-state index is 4.82. The lowest BCUT2D eigenvalue weighted by Crippen LogP contribution is -2.00. The lowest BCUT2D eigenvalue weighted by molar-refractivity contribution is 0.867. The van der Waals surface area contributed by atoms with Crippen molar-refractivity contribution in [3.05, 3.63) is 29.8 Å². The number of hydrogen-bond donors (Lipinski definition) is 2. The Morgan fingerprint density at radius 3 is 2.23 bits per heavy atom. The molecule has 0 saturated carbocycles. The van der Waals surface area contributed by atoms with Crippen molar-refractivity contribution < 1.29 is 0 Å². The third-order valence-electron chi connectivity index (χ3n) is 1.83. The van der Waals surface area contributed by atoms with E-state index in [1.165, 1.54) is 5.56 Å². The van der Waals surface area contributed by atoms with Crippen molar-refractivity contribution in [1.29, 1.82) is 0 Å². The van der Waals surface area contributed by atoms with Gasteiger partial charge in [-0.15, -0.1) is 12.6 Å². The van der Waals surface area contributed by atoms with Crippen molar-refractivity contribution in [1.82, 2.24) is 0 Å². The van der Waals surface area contributed by atoms with E-state index < -0.39 is 0 Å². The molecule has 0 bridgehead atoms. The Morgan fingerprint density at radius 2 is 1.85 bits per heavy atom. The van der Waals surface area contributed by atoms with E-state index in [0.717, 1.165) is 5.69 Å². The molecule has 0 saturated heterocycles. The van der Waals surface area contributed by atoms with Gasteiger partial charge in [0.25, 0.3) is 0 Å². The van der Waals surface area contributed by atoms with E-state index in [-0.39, 0.29) is 0 Å². The van der Waals surface area contributed by atoms with Crippen LogP contribution in [0.1, 0.15) is 25.3 Å². The molecule has 3 heteroatoms. The van der Waals surface area contributed by atoms with Crippen molar-refractivity contribution in [2.75, 3.05) is 5.32 Å². The standard InChI is InChI=1S/C10H13NS2/c1-7(2)8-3-5-9(6-4-8)11-10(12)13/h3-7H,1-2H3,(H2,11,12,13). The predicted molar refractivity (Wildman–Crippen MR) is 65.7 cm³/mol. The lowest BCUT2D eigenvalue weighted by atomic mass is 10.0. The molecule has 0 radical (unpaired) electrons. The zero-order valence-electron chi connectivity index (χ0n) is 7.74. The van der Waals surface area contributed by atoms with Gasteiger partial charge in [-0.3, -0.25) is 0 Å². The molecule has 1 nitrogen and oxygen atoms in total. The van der Waals surface area contributed by atoms with Crippen LogP contribution in [0.3, 0.4) is 0 Å². The van der Waals surface area contributed by atoms with Crippen molar-refractivity contribution in [2.24, 2.45) is 0 Å². The Bertz CT molecular complexity index is 290. The molecule has 0 aromatic heterocycles. The van der Waals surface area contributed by atoms with Crippen LogP contribution in [-0.2, 0) is 0 Å². The number of anilines is 1. The monoisotopic (exact) mass is 211 g/mol. The summed E-state index contributed by atoms with van der Waals surface area (Å²) in [6.07, 6.45) is 0. The number of hydrogen-bond acceptors (Lipinski definition) is 1. The molecular weight excluding hydrogens is 198 g/mol. The van der Waals surface area contributed by atoms with Gasteiger partial charge in [-0.2, -0.15) is 0 Å². The largest absolute Gasteiger partial charge is 0.341 e. The summed E-state index contributed by atoms with van der Waals surface area (Å²) in [5.74, 6) is 0.567. The third kappa shape index (κ3) is 3.36. The first-order valence-corrected chi connectivity index (χ1v) is 5.05. The molecule has 1 aromatic rings. The second-order valence-electron chi connectivity index (χ2n) is 3.21. The molecule has 0 atom stereocenters. The fourth-order valence-corrected chi connectivity index (χ4v) is 1.32. The molecular formula is C10H13NS2. The molecule has 13 heavy (non-hydrogen) atoms. The van der Waals surface area contributed by atoms with Gasteiger partial charge in [0.1, 0.15) is 4.32 Å². The van der Waals surface area contributed by atoms with Gasteiger partial charge in [0.05, 0.1) is 0 Å². The molecule has 0 aliphatic rings. The van der Waals surface area contributed by atoms with Gasteiger partial charge in [0.2, 0.25) is 0 Å². The number of benzene rings is 1. The van der Waals surface area contributed by atoms with E-state index in [0.29, 0.717) is 10.2 Å². The SMILES string of the molecule is CC(C)c1ccc(NC(=S)S)cc1. The fraction of sp³-hybridized carbons (Fsp3) is 0.300. The summed E-state index contributed by atoms with van der Waals surface area (Å²) in [4.78, 5) is 0. The van der Waals surface area contributed by atoms with Crippen LogP contribution in [0.4, 0.5) is 5.69 Å². The Balaban J connectivity index is 2.75. The summed E-state index contributed by atoms with van der Waals surface area (Å²) in [6.45, 7) is 4.34. The Hall–Kier alpha value is -0.540. The van der Waals surface area contributed by atoms with Gasteiger partial charge >= 0.3 is 0 Å². The van der Waals surface area contributed by atoms with Crippen LogP contribution in [0.15, 0.2) is 24.3 Å². The van der Waals surface area contributed by atoms with Crippen molar-refractivity contribution in [3.8, 4) is 0 Å². The molecule has 1 aromatic carbocycles. The van der Waals surface area contributed by atoms with Gasteiger partial charge in [-0.25, -0.2) is 0 Å². The highest BCUT2D eigenvalue weighted by Crippen LogP contribution is 2.17. The Labute approximate surface area is 90.0 Å². The number of thiocarbonyl (C=S) groups is 1. The molecule has 0 aliphatic carbocycles. The summed E-state index contributed by atoms with van der Waals surface area (Å²) in [6, 6.07) is 8.22. The highest BCUT2D eigenvalue weighted by molar-refractivity contribution is 8.11. The predicted octanol–water partition coefficient (Wildman–Crippen LogP) is 3.44. The van der Waals surface area contributed by atoms with Crippen molar-refractivity contribution in [3.63, 3.8) is 0 Å². The smallest absolute Gasteiger partial charge is 0.135 e. The van der Waals surface area contributed by atoms with Crippen LogP contribution in [0.25, 0.3) is 0 Å².